The van der Waals surface area contributed by atoms with E-state index < -0.39 is 0 Å². The van der Waals surface area contributed by atoms with Crippen molar-refractivity contribution in [3.63, 3.8) is 0 Å². The number of halogens is 1. The first-order valence-electron chi connectivity index (χ1n) is 7.04. The Balaban J connectivity index is 1.80. The van der Waals surface area contributed by atoms with E-state index in [4.69, 9.17) is 0 Å². The van der Waals surface area contributed by atoms with Gasteiger partial charge in [-0.2, -0.15) is 0 Å². The van der Waals surface area contributed by atoms with Crippen LogP contribution in [0.5, 0.6) is 0 Å². The number of hydrogen-bond acceptors (Lipinski definition) is 2. The summed E-state index contributed by atoms with van der Waals surface area (Å²) in [4.78, 5) is 24.8. The van der Waals surface area contributed by atoms with Crippen LogP contribution >= 0.6 is 0 Å². The van der Waals surface area contributed by atoms with E-state index in [0.717, 1.165) is 18.4 Å². The molecule has 5 heteroatoms. The van der Waals surface area contributed by atoms with E-state index in [1.54, 1.807) is 30.0 Å². The maximum absolute atomic E-state index is 12.8. The van der Waals surface area contributed by atoms with Gasteiger partial charge in [-0.25, -0.2) is 4.39 Å². The van der Waals surface area contributed by atoms with Crippen LogP contribution in [0.4, 0.5) is 4.39 Å². The number of nitrogens with zero attached hydrogens (tertiary/aromatic N) is 1. The summed E-state index contributed by atoms with van der Waals surface area (Å²) in [6.45, 7) is 2.92. The highest BCUT2D eigenvalue weighted by Crippen LogP contribution is 2.10. The van der Waals surface area contributed by atoms with E-state index in [-0.39, 0.29) is 23.7 Å². The number of hydrogen-bond donors (Lipinski definition) is 1. The highest BCUT2D eigenvalue weighted by Gasteiger charge is 2.21. The summed E-state index contributed by atoms with van der Waals surface area (Å²) in [6.07, 6.45) is 4.65. The molecule has 0 radical (unpaired) electrons. The Morgan fingerprint density at radius 1 is 1.24 bits per heavy atom. The van der Waals surface area contributed by atoms with Crippen LogP contribution in [-0.2, 0) is 9.59 Å². The summed E-state index contributed by atoms with van der Waals surface area (Å²) in [7, 11) is 0. The van der Waals surface area contributed by atoms with Gasteiger partial charge in [-0.1, -0.05) is 12.1 Å². The molecule has 1 aromatic carbocycles. The Bertz CT molecular complexity index is 532. The molecule has 2 rings (SSSR count). The zero-order valence-corrected chi connectivity index (χ0v) is 12.0. The van der Waals surface area contributed by atoms with Gasteiger partial charge in [0.15, 0.2) is 0 Å². The number of amides is 2. The van der Waals surface area contributed by atoms with E-state index in [1.165, 1.54) is 18.2 Å². The van der Waals surface area contributed by atoms with Gasteiger partial charge in [-0.05, 0) is 36.6 Å². The van der Waals surface area contributed by atoms with Crippen molar-refractivity contribution in [1.29, 1.82) is 0 Å². The average molecular weight is 290 g/mol. The van der Waals surface area contributed by atoms with Crippen molar-refractivity contribution in [2.24, 2.45) is 0 Å². The van der Waals surface area contributed by atoms with Crippen LogP contribution in [0.25, 0.3) is 6.08 Å². The van der Waals surface area contributed by atoms with Crippen molar-refractivity contribution in [2.45, 2.75) is 25.8 Å². The van der Waals surface area contributed by atoms with Crippen LogP contribution in [0.15, 0.2) is 30.3 Å². The summed E-state index contributed by atoms with van der Waals surface area (Å²) < 4.78 is 12.8. The summed E-state index contributed by atoms with van der Waals surface area (Å²) in [5.41, 5.74) is 0.776. The fraction of sp³-hybridized carbons (Fsp3) is 0.375. The van der Waals surface area contributed by atoms with E-state index in [9.17, 15) is 14.0 Å². The molecule has 0 atom stereocenters. The SMILES string of the molecule is CC(=O)N1CCC(NC(=O)/C=C/c2ccc(F)cc2)CC1. The van der Waals surface area contributed by atoms with Crippen molar-refractivity contribution in [3.05, 3.63) is 41.7 Å². The molecule has 21 heavy (non-hydrogen) atoms. The van der Waals surface area contributed by atoms with Gasteiger partial charge >= 0.3 is 0 Å². The molecule has 112 valence electrons. The molecule has 1 aliphatic heterocycles. The molecular formula is C16H19FN2O2. The van der Waals surface area contributed by atoms with Crippen LogP contribution in [0.2, 0.25) is 0 Å². The molecule has 0 aromatic heterocycles. The zero-order chi connectivity index (χ0) is 15.2. The first-order valence-corrected chi connectivity index (χ1v) is 7.04. The van der Waals surface area contributed by atoms with E-state index >= 15 is 0 Å². The lowest BCUT2D eigenvalue weighted by molar-refractivity contribution is -0.129. The molecule has 1 saturated heterocycles. The zero-order valence-electron chi connectivity index (χ0n) is 12.0. The number of nitrogens with one attached hydrogen (secondary N) is 1. The molecular weight excluding hydrogens is 271 g/mol. The lowest BCUT2D eigenvalue weighted by atomic mass is 10.0. The number of piperidine rings is 1. The van der Waals surface area contributed by atoms with Gasteiger partial charge in [0.25, 0.3) is 0 Å². The molecule has 4 nitrogen and oxygen atoms in total. The van der Waals surface area contributed by atoms with Crippen LogP contribution in [0, 0.1) is 5.82 Å². The standard InChI is InChI=1S/C16H19FN2O2/c1-12(20)19-10-8-15(9-11-19)18-16(21)7-4-13-2-5-14(17)6-3-13/h2-7,15H,8-11H2,1H3,(H,18,21)/b7-4+. The molecule has 1 aromatic rings. The van der Waals surface area contributed by atoms with Crippen molar-refractivity contribution in [3.8, 4) is 0 Å². The maximum Gasteiger partial charge on any atom is 0.244 e. The highest BCUT2D eigenvalue weighted by atomic mass is 19.1. The Hall–Kier alpha value is -2.17. The van der Waals surface area contributed by atoms with Gasteiger partial charge in [0, 0.05) is 32.1 Å². The molecule has 0 aliphatic carbocycles. The fourth-order valence-corrected chi connectivity index (χ4v) is 2.33. The Kier molecular flexibility index (Phi) is 5.09. The van der Waals surface area contributed by atoms with Crippen LogP contribution in [0.3, 0.4) is 0 Å². The smallest absolute Gasteiger partial charge is 0.244 e. The van der Waals surface area contributed by atoms with E-state index in [1.807, 2.05) is 0 Å². The van der Waals surface area contributed by atoms with Crippen molar-refractivity contribution in [2.75, 3.05) is 13.1 Å². The largest absolute Gasteiger partial charge is 0.350 e. The molecule has 0 unspecified atom stereocenters. The van der Waals surface area contributed by atoms with Gasteiger partial charge < -0.3 is 10.2 Å². The van der Waals surface area contributed by atoms with Crippen LogP contribution < -0.4 is 5.32 Å². The van der Waals surface area contributed by atoms with Crippen molar-refractivity contribution < 1.29 is 14.0 Å². The summed E-state index contributed by atoms with van der Waals surface area (Å²) in [5, 5.41) is 2.92. The summed E-state index contributed by atoms with van der Waals surface area (Å²) >= 11 is 0. The number of benzene rings is 1. The Labute approximate surface area is 123 Å². The summed E-state index contributed by atoms with van der Waals surface area (Å²) in [6, 6.07) is 6.05. The molecule has 0 saturated carbocycles. The third kappa shape index (κ3) is 4.70. The molecule has 0 spiro atoms. The predicted molar refractivity (Wildman–Crippen MR) is 78.9 cm³/mol. The van der Waals surface area contributed by atoms with Crippen LogP contribution in [0.1, 0.15) is 25.3 Å². The second kappa shape index (κ2) is 7.02. The number of carbonyl (C=O) groups is 2. The second-order valence-corrected chi connectivity index (χ2v) is 5.17. The van der Waals surface area contributed by atoms with Crippen LogP contribution in [-0.4, -0.2) is 35.8 Å². The minimum Gasteiger partial charge on any atom is -0.350 e. The quantitative estimate of drug-likeness (QED) is 0.865. The van der Waals surface area contributed by atoms with Gasteiger partial charge in [0.2, 0.25) is 11.8 Å². The number of rotatable bonds is 3. The number of carbonyl (C=O) groups excluding carboxylic acids is 2. The monoisotopic (exact) mass is 290 g/mol. The summed E-state index contributed by atoms with van der Waals surface area (Å²) in [5.74, 6) is -0.384. The van der Waals surface area contributed by atoms with Crippen molar-refractivity contribution >= 4 is 17.9 Å². The van der Waals surface area contributed by atoms with E-state index in [0.29, 0.717) is 13.1 Å². The molecule has 1 aliphatic rings. The molecule has 1 fully saturated rings. The second-order valence-electron chi connectivity index (χ2n) is 5.17. The first-order chi connectivity index (χ1) is 10.0. The third-order valence-electron chi connectivity index (χ3n) is 3.58. The first kappa shape index (κ1) is 15.2. The fourth-order valence-electron chi connectivity index (χ4n) is 2.33. The maximum atomic E-state index is 12.8. The van der Waals surface area contributed by atoms with Gasteiger partial charge in [0.05, 0.1) is 0 Å². The van der Waals surface area contributed by atoms with Gasteiger partial charge in [-0.3, -0.25) is 9.59 Å². The van der Waals surface area contributed by atoms with Gasteiger partial charge in [-0.15, -0.1) is 0 Å². The Morgan fingerprint density at radius 2 is 1.86 bits per heavy atom. The predicted octanol–water partition coefficient (Wildman–Crippen LogP) is 1.97. The minimum absolute atomic E-state index is 0.0796. The third-order valence-corrected chi connectivity index (χ3v) is 3.58. The molecule has 1 heterocycles. The van der Waals surface area contributed by atoms with Gasteiger partial charge in [0.1, 0.15) is 5.82 Å². The topological polar surface area (TPSA) is 49.4 Å². The Morgan fingerprint density at radius 3 is 2.43 bits per heavy atom. The highest BCUT2D eigenvalue weighted by molar-refractivity contribution is 5.91. The molecule has 0 bridgehead atoms. The minimum atomic E-state index is -0.297. The average Bonchev–Trinajstić information content (AvgIpc) is 2.47. The molecule has 1 N–H and O–H groups in total. The molecule has 2 amide bonds. The van der Waals surface area contributed by atoms with E-state index in [2.05, 4.69) is 5.32 Å². The lowest BCUT2D eigenvalue weighted by Gasteiger charge is -2.31. The normalized spacial score (nSPS) is 16.2. The lowest BCUT2D eigenvalue weighted by Crippen LogP contribution is -2.45. The van der Waals surface area contributed by atoms with Crippen molar-refractivity contribution in [1.82, 2.24) is 10.2 Å². The number of likely N-dealkylation sites (tertiary alicyclic amines) is 1.